The lowest BCUT2D eigenvalue weighted by Gasteiger charge is -2.27. The number of para-hydroxylation sites is 1. The molecule has 0 spiro atoms. The Morgan fingerprint density at radius 3 is 2.69 bits per heavy atom. The first-order valence-electron chi connectivity index (χ1n) is 10.4. The Kier molecular flexibility index (Phi) is 8.37. The number of aromatic nitrogens is 3. The third kappa shape index (κ3) is 6.21. The van der Waals surface area contributed by atoms with E-state index in [2.05, 4.69) is 34.3 Å². The molecule has 1 aromatic heterocycles. The van der Waals surface area contributed by atoms with Crippen LogP contribution in [0.15, 0.2) is 35.5 Å². The Bertz CT molecular complexity index is 762. The van der Waals surface area contributed by atoms with Crippen LogP contribution in [0.1, 0.15) is 39.5 Å². The van der Waals surface area contributed by atoms with Crippen LogP contribution in [0.5, 0.6) is 0 Å². The summed E-state index contributed by atoms with van der Waals surface area (Å²) in [4.78, 5) is 14.6. The normalized spacial score (nSPS) is 15.3. The van der Waals surface area contributed by atoms with Crippen LogP contribution < -0.4 is 10.2 Å². The Morgan fingerprint density at radius 1 is 1.21 bits per heavy atom. The molecule has 0 aliphatic carbocycles. The number of carbonyl (C=O) groups is 1. The first-order valence-corrected chi connectivity index (χ1v) is 11.4. The van der Waals surface area contributed by atoms with Crippen molar-refractivity contribution < 1.29 is 9.53 Å². The minimum Gasteiger partial charge on any atom is -0.378 e. The maximum absolute atomic E-state index is 12.4. The van der Waals surface area contributed by atoms with E-state index in [1.165, 1.54) is 24.6 Å². The predicted octanol–water partition coefficient (Wildman–Crippen LogP) is 3.28. The van der Waals surface area contributed by atoms with Gasteiger partial charge in [0.05, 0.1) is 24.7 Å². The van der Waals surface area contributed by atoms with Crippen LogP contribution in [0.2, 0.25) is 0 Å². The molecule has 29 heavy (non-hydrogen) atoms. The largest absolute Gasteiger partial charge is 0.378 e. The molecule has 1 aromatic carbocycles. The van der Waals surface area contributed by atoms with Gasteiger partial charge in [-0.2, -0.15) is 0 Å². The van der Waals surface area contributed by atoms with Crippen LogP contribution in [0.3, 0.4) is 0 Å². The molecule has 8 heteroatoms. The molecular weight excluding hydrogens is 386 g/mol. The molecule has 2 aromatic rings. The van der Waals surface area contributed by atoms with Gasteiger partial charge in [-0.25, -0.2) is 0 Å². The van der Waals surface area contributed by atoms with E-state index < -0.39 is 0 Å². The highest BCUT2D eigenvalue weighted by molar-refractivity contribution is 7.99. The van der Waals surface area contributed by atoms with E-state index in [0.717, 1.165) is 42.7 Å². The summed E-state index contributed by atoms with van der Waals surface area (Å²) in [6, 6.07) is 10.3. The number of rotatable bonds is 10. The second-order valence-electron chi connectivity index (χ2n) is 7.31. The van der Waals surface area contributed by atoms with E-state index in [4.69, 9.17) is 4.74 Å². The maximum atomic E-state index is 12.4. The smallest absolute Gasteiger partial charge is 0.232 e. The van der Waals surface area contributed by atoms with Crippen LogP contribution in [-0.4, -0.2) is 58.8 Å². The third-order valence-corrected chi connectivity index (χ3v) is 5.83. The van der Waals surface area contributed by atoms with Crippen molar-refractivity contribution in [3.05, 3.63) is 30.3 Å². The predicted molar refractivity (Wildman–Crippen MR) is 117 cm³/mol. The zero-order valence-electron chi connectivity index (χ0n) is 17.3. The number of carbonyl (C=O) groups excluding carboxylic acids is 1. The van der Waals surface area contributed by atoms with E-state index >= 15 is 0 Å². The van der Waals surface area contributed by atoms with Crippen LogP contribution in [0.4, 0.5) is 5.95 Å². The summed E-state index contributed by atoms with van der Waals surface area (Å²) in [5, 5.41) is 12.7. The van der Waals surface area contributed by atoms with E-state index in [1.807, 2.05) is 34.9 Å². The highest BCUT2D eigenvalue weighted by atomic mass is 32.2. The second-order valence-corrected chi connectivity index (χ2v) is 8.25. The van der Waals surface area contributed by atoms with Crippen molar-refractivity contribution in [1.82, 2.24) is 20.1 Å². The fourth-order valence-electron chi connectivity index (χ4n) is 3.35. The molecule has 0 radical (unpaired) electrons. The number of nitrogens with one attached hydrogen (secondary N) is 1. The highest BCUT2D eigenvalue weighted by Crippen LogP contribution is 2.27. The molecule has 1 atom stereocenters. The lowest BCUT2D eigenvalue weighted by atomic mass is 10.1. The Labute approximate surface area is 177 Å². The molecule has 7 nitrogen and oxygen atoms in total. The van der Waals surface area contributed by atoms with Gasteiger partial charge in [-0.1, -0.05) is 56.1 Å². The van der Waals surface area contributed by atoms with Crippen molar-refractivity contribution in [1.29, 1.82) is 0 Å². The molecule has 2 heterocycles. The molecule has 1 aliphatic rings. The Morgan fingerprint density at radius 2 is 1.97 bits per heavy atom. The number of ether oxygens (including phenoxy) is 1. The number of benzene rings is 1. The molecule has 1 aliphatic heterocycles. The highest BCUT2D eigenvalue weighted by Gasteiger charge is 2.22. The fourth-order valence-corrected chi connectivity index (χ4v) is 4.10. The van der Waals surface area contributed by atoms with Gasteiger partial charge in [-0.15, -0.1) is 10.2 Å². The number of hydrogen-bond acceptors (Lipinski definition) is 6. The van der Waals surface area contributed by atoms with Crippen LogP contribution >= 0.6 is 11.8 Å². The molecule has 1 saturated heterocycles. The number of hydrogen-bond donors (Lipinski definition) is 1. The topological polar surface area (TPSA) is 72.3 Å². The van der Waals surface area contributed by atoms with Crippen molar-refractivity contribution in [2.24, 2.45) is 0 Å². The van der Waals surface area contributed by atoms with Gasteiger partial charge in [-0.05, 0) is 25.5 Å². The van der Waals surface area contributed by atoms with Crippen molar-refractivity contribution in [3.8, 4) is 5.69 Å². The first kappa shape index (κ1) is 21.6. The van der Waals surface area contributed by atoms with E-state index in [-0.39, 0.29) is 11.9 Å². The second kappa shape index (κ2) is 11.2. The quantitative estimate of drug-likeness (QED) is 0.472. The zero-order valence-corrected chi connectivity index (χ0v) is 18.2. The number of anilines is 1. The summed E-state index contributed by atoms with van der Waals surface area (Å²) in [5.41, 5.74) is 0.995. The lowest BCUT2D eigenvalue weighted by molar-refractivity contribution is -0.119. The summed E-state index contributed by atoms with van der Waals surface area (Å²) in [6.07, 6.45) is 4.57. The van der Waals surface area contributed by atoms with Gasteiger partial charge in [0.2, 0.25) is 11.9 Å². The van der Waals surface area contributed by atoms with Gasteiger partial charge in [0.15, 0.2) is 5.16 Å². The van der Waals surface area contributed by atoms with Crippen LogP contribution in [-0.2, 0) is 9.53 Å². The monoisotopic (exact) mass is 417 g/mol. The summed E-state index contributed by atoms with van der Waals surface area (Å²) in [5.74, 6) is 1.16. The van der Waals surface area contributed by atoms with E-state index in [1.54, 1.807) is 0 Å². The van der Waals surface area contributed by atoms with Gasteiger partial charge < -0.3 is 15.0 Å². The molecule has 0 saturated carbocycles. The van der Waals surface area contributed by atoms with Gasteiger partial charge in [0, 0.05) is 19.1 Å². The van der Waals surface area contributed by atoms with Crippen LogP contribution in [0.25, 0.3) is 5.69 Å². The molecule has 158 valence electrons. The Balaban J connectivity index is 1.67. The van der Waals surface area contributed by atoms with Gasteiger partial charge in [0.1, 0.15) is 0 Å². The maximum Gasteiger partial charge on any atom is 0.232 e. The molecule has 1 N–H and O–H groups in total. The van der Waals surface area contributed by atoms with Crippen molar-refractivity contribution >= 4 is 23.6 Å². The van der Waals surface area contributed by atoms with Crippen LogP contribution in [0, 0.1) is 0 Å². The minimum absolute atomic E-state index is 0.0366. The standard InChI is InChI=1S/C21H31N5O2S/c1-3-4-6-9-17(2)22-19(27)16-29-21-24-23-20(25-12-14-28-15-13-25)26(21)18-10-7-5-8-11-18/h5,7-8,10-11,17H,3-4,6,9,12-16H2,1-2H3,(H,22,27). The number of unbranched alkanes of at least 4 members (excludes halogenated alkanes) is 2. The molecule has 1 fully saturated rings. The van der Waals surface area contributed by atoms with Gasteiger partial charge in [0.25, 0.3) is 0 Å². The SMILES string of the molecule is CCCCCC(C)NC(=O)CSc1nnc(N2CCOCC2)n1-c1ccccc1. The van der Waals surface area contributed by atoms with Crippen molar-refractivity contribution in [2.45, 2.75) is 50.7 Å². The van der Waals surface area contributed by atoms with E-state index in [0.29, 0.717) is 19.0 Å². The molecule has 0 bridgehead atoms. The summed E-state index contributed by atoms with van der Waals surface area (Å²) >= 11 is 1.42. The van der Waals surface area contributed by atoms with E-state index in [9.17, 15) is 4.79 Å². The summed E-state index contributed by atoms with van der Waals surface area (Å²) < 4.78 is 7.50. The lowest BCUT2D eigenvalue weighted by Crippen LogP contribution is -2.38. The zero-order chi connectivity index (χ0) is 20.5. The van der Waals surface area contributed by atoms with Crippen molar-refractivity contribution in [2.75, 3.05) is 37.0 Å². The first-order chi connectivity index (χ1) is 14.2. The summed E-state index contributed by atoms with van der Waals surface area (Å²) in [6.45, 7) is 7.19. The molecule has 3 rings (SSSR count). The average Bonchev–Trinajstić information content (AvgIpc) is 3.18. The fraction of sp³-hybridized carbons (Fsp3) is 0.571. The number of nitrogens with zero attached hydrogens (tertiary/aromatic N) is 4. The minimum atomic E-state index is 0.0366. The molecule has 1 amide bonds. The van der Waals surface area contributed by atoms with Gasteiger partial charge >= 0.3 is 0 Å². The average molecular weight is 418 g/mol. The third-order valence-electron chi connectivity index (χ3n) is 4.91. The number of morpholine rings is 1. The number of amides is 1. The van der Waals surface area contributed by atoms with Crippen molar-refractivity contribution in [3.63, 3.8) is 0 Å². The summed E-state index contributed by atoms with van der Waals surface area (Å²) in [7, 11) is 0. The molecular formula is C21H31N5O2S. The number of thioether (sulfide) groups is 1. The Hall–Kier alpha value is -2.06. The van der Waals surface area contributed by atoms with Gasteiger partial charge in [-0.3, -0.25) is 9.36 Å². The molecule has 1 unspecified atom stereocenters.